The van der Waals surface area contributed by atoms with Gasteiger partial charge in [0.05, 0.1) is 11.2 Å². The van der Waals surface area contributed by atoms with Crippen LogP contribution in [0.15, 0.2) is 24.3 Å². The molecule has 2 aliphatic heterocycles. The topological polar surface area (TPSA) is 120 Å². The maximum Gasteiger partial charge on any atom is 0.494 e. The Morgan fingerprint density at radius 3 is 2.28 bits per heavy atom. The number of primary amides is 1. The van der Waals surface area contributed by atoms with Gasteiger partial charge in [-0.25, -0.2) is 0 Å². The molecule has 0 saturated carbocycles. The molecule has 0 unspecified atom stereocenters. The van der Waals surface area contributed by atoms with E-state index in [0.29, 0.717) is 12.8 Å². The minimum absolute atomic E-state index is 0.168. The molecular weight excluding hydrogens is 373 g/mol. The summed E-state index contributed by atoms with van der Waals surface area (Å²) in [6.45, 7) is 7.98. The number of carbonyl (C=O) groups excluding carboxylic acids is 3. The van der Waals surface area contributed by atoms with Crippen molar-refractivity contribution in [2.45, 2.75) is 70.2 Å². The van der Waals surface area contributed by atoms with E-state index in [4.69, 9.17) is 15.0 Å². The van der Waals surface area contributed by atoms with E-state index in [1.807, 2.05) is 52.0 Å². The van der Waals surface area contributed by atoms with Crippen molar-refractivity contribution in [3.63, 3.8) is 0 Å². The molecule has 2 aliphatic rings. The molecule has 0 aromatic heterocycles. The number of nitrogens with one attached hydrogen (secondary N) is 2. The van der Waals surface area contributed by atoms with Crippen LogP contribution in [-0.2, 0) is 30.1 Å². The van der Waals surface area contributed by atoms with Gasteiger partial charge in [-0.1, -0.05) is 24.3 Å². The second kappa shape index (κ2) is 7.80. The molecule has 4 N–H and O–H groups in total. The summed E-state index contributed by atoms with van der Waals surface area (Å²) in [6.07, 6.45) is 0.976. The van der Waals surface area contributed by atoms with Crippen molar-refractivity contribution in [1.29, 1.82) is 0 Å². The highest BCUT2D eigenvalue weighted by Crippen LogP contribution is 2.36. The average Bonchev–Trinajstić information content (AvgIpc) is 3.15. The number of hydrogen-bond donors (Lipinski definition) is 3. The Morgan fingerprint density at radius 1 is 1.21 bits per heavy atom. The van der Waals surface area contributed by atoms with E-state index in [0.717, 1.165) is 11.0 Å². The largest absolute Gasteiger partial charge is 0.494 e. The van der Waals surface area contributed by atoms with Crippen LogP contribution in [0.1, 0.15) is 46.1 Å². The first-order chi connectivity index (χ1) is 13.5. The van der Waals surface area contributed by atoms with Crippen LogP contribution in [0, 0.1) is 0 Å². The maximum atomic E-state index is 12.3. The van der Waals surface area contributed by atoms with Gasteiger partial charge in [0.25, 0.3) is 0 Å². The third-order valence-electron chi connectivity index (χ3n) is 5.92. The summed E-state index contributed by atoms with van der Waals surface area (Å²) >= 11 is 0. The predicted molar refractivity (Wildman–Crippen MR) is 108 cm³/mol. The van der Waals surface area contributed by atoms with Gasteiger partial charge in [-0.15, -0.1) is 0 Å². The molecule has 156 valence electrons. The van der Waals surface area contributed by atoms with Gasteiger partial charge in [0.15, 0.2) is 0 Å². The summed E-state index contributed by atoms with van der Waals surface area (Å²) in [7, 11) is -0.466. The molecule has 0 bridgehead atoms. The zero-order chi connectivity index (χ0) is 21.4. The fraction of sp³-hybridized carbons (Fsp3) is 0.550. The Balaban J connectivity index is 1.63. The first-order valence-electron chi connectivity index (χ1n) is 9.82. The Morgan fingerprint density at radius 2 is 1.79 bits per heavy atom. The molecule has 1 aromatic carbocycles. The summed E-state index contributed by atoms with van der Waals surface area (Å²) in [6, 6.07) is 6.01. The summed E-state index contributed by atoms with van der Waals surface area (Å²) in [5.41, 5.74) is 6.33. The second-order valence-corrected chi connectivity index (χ2v) is 8.66. The standard InChI is InChI=1S/C20H28BN3O5/c1-19(2)20(3,4)29-21(28-19)13-7-5-12(6-8-13)11-15(17(22)26)24-18(27)14-9-10-16(25)23-14/h5-8,14-15H,9-11H2,1-4H3,(H2,22,26)(H,23,25)(H,24,27)/t14-,15+/m1/s1. The van der Waals surface area contributed by atoms with E-state index in [1.165, 1.54) is 0 Å². The zero-order valence-corrected chi connectivity index (χ0v) is 17.3. The number of amides is 3. The zero-order valence-electron chi connectivity index (χ0n) is 17.3. The van der Waals surface area contributed by atoms with E-state index >= 15 is 0 Å². The lowest BCUT2D eigenvalue weighted by atomic mass is 9.78. The molecule has 29 heavy (non-hydrogen) atoms. The van der Waals surface area contributed by atoms with E-state index in [9.17, 15) is 14.4 Å². The number of nitrogens with two attached hydrogens (primary N) is 1. The smallest absolute Gasteiger partial charge is 0.399 e. The van der Waals surface area contributed by atoms with Crippen molar-refractivity contribution in [3.05, 3.63) is 29.8 Å². The van der Waals surface area contributed by atoms with Crippen LogP contribution in [0.3, 0.4) is 0 Å². The summed E-state index contributed by atoms with van der Waals surface area (Å²) in [5.74, 6) is -1.19. The molecule has 0 spiro atoms. The summed E-state index contributed by atoms with van der Waals surface area (Å²) in [5, 5.41) is 5.22. The Kier molecular flexibility index (Phi) is 5.73. The van der Waals surface area contributed by atoms with Crippen molar-refractivity contribution in [2.24, 2.45) is 5.73 Å². The van der Waals surface area contributed by atoms with Gasteiger partial charge in [0, 0.05) is 12.8 Å². The van der Waals surface area contributed by atoms with Crippen LogP contribution in [0.25, 0.3) is 0 Å². The fourth-order valence-corrected chi connectivity index (χ4v) is 3.33. The van der Waals surface area contributed by atoms with E-state index < -0.39 is 42.2 Å². The van der Waals surface area contributed by atoms with Crippen LogP contribution in [0.5, 0.6) is 0 Å². The third-order valence-corrected chi connectivity index (χ3v) is 5.92. The van der Waals surface area contributed by atoms with Crippen LogP contribution < -0.4 is 21.8 Å². The van der Waals surface area contributed by atoms with E-state index in [-0.39, 0.29) is 12.3 Å². The van der Waals surface area contributed by atoms with Gasteiger partial charge in [-0.2, -0.15) is 0 Å². The predicted octanol–water partition coefficient (Wildman–Crippen LogP) is -0.223. The molecular formula is C20H28BN3O5. The van der Waals surface area contributed by atoms with Gasteiger partial charge >= 0.3 is 7.12 Å². The fourth-order valence-electron chi connectivity index (χ4n) is 3.33. The van der Waals surface area contributed by atoms with E-state index in [1.54, 1.807) is 0 Å². The third kappa shape index (κ3) is 4.62. The highest BCUT2D eigenvalue weighted by atomic mass is 16.7. The molecule has 2 heterocycles. The Labute approximate surface area is 171 Å². The van der Waals surface area contributed by atoms with Crippen LogP contribution in [-0.4, -0.2) is 48.1 Å². The van der Waals surface area contributed by atoms with Crippen LogP contribution in [0.4, 0.5) is 0 Å². The summed E-state index contributed by atoms with van der Waals surface area (Å²) < 4.78 is 12.1. The van der Waals surface area contributed by atoms with Gasteiger partial charge in [-0.05, 0) is 45.1 Å². The minimum atomic E-state index is -0.859. The quantitative estimate of drug-likeness (QED) is 0.570. The van der Waals surface area contributed by atoms with Gasteiger partial charge < -0.3 is 25.7 Å². The number of rotatable bonds is 6. The normalized spacial score (nSPS) is 23.5. The Bertz CT molecular complexity index is 793. The minimum Gasteiger partial charge on any atom is -0.399 e. The molecule has 8 nitrogen and oxygen atoms in total. The van der Waals surface area contributed by atoms with Gasteiger partial charge in [0.2, 0.25) is 17.7 Å². The summed E-state index contributed by atoms with van der Waals surface area (Å²) in [4.78, 5) is 35.4. The van der Waals surface area contributed by atoms with Crippen molar-refractivity contribution < 1.29 is 23.7 Å². The molecule has 0 radical (unpaired) electrons. The molecule has 2 fully saturated rings. The number of hydrogen-bond acceptors (Lipinski definition) is 5. The van der Waals surface area contributed by atoms with Crippen molar-refractivity contribution in [1.82, 2.24) is 10.6 Å². The highest BCUT2D eigenvalue weighted by Gasteiger charge is 2.51. The molecule has 3 amide bonds. The lowest BCUT2D eigenvalue weighted by molar-refractivity contribution is -0.129. The second-order valence-electron chi connectivity index (χ2n) is 8.66. The molecule has 2 atom stereocenters. The van der Waals surface area contributed by atoms with Crippen molar-refractivity contribution >= 4 is 30.3 Å². The van der Waals surface area contributed by atoms with Crippen LogP contribution in [0.2, 0.25) is 0 Å². The van der Waals surface area contributed by atoms with E-state index in [2.05, 4.69) is 10.6 Å². The Hall–Kier alpha value is -2.39. The van der Waals surface area contributed by atoms with Crippen molar-refractivity contribution in [2.75, 3.05) is 0 Å². The molecule has 9 heteroatoms. The number of carbonyl (C=O) groups is 3. The monoisotopic (exact) mass is 401 g/mol. The number of benzene rings is 1. The lowest BCUT2D eigenvalue weighted by Gasteiger charge is -2.32. The van der Waals surface area contributed by atoms with Gasteiger partial charge in [0.1, 0.15) is 12.1 Å². The average molecular weight is 401 g/mol. The van der Waals surface area contributed by atoms with Gasteiger partial charge in [-0.3, -0.25) is 14.4 Å². The SMILES string of the molecule is CC1(C)OB(c2ccc(C[C@H](NC(=O)[C@H]3CCC(=O)N3)C(N)=O)cc2)OC1(C)C. The molecule has 1 aromatic rings. The molecule has 2 saturated heterocycles. The van der Waals surface area contributed by atoms with Crippen molar-refractivity contribution in [3.8, 4) is 0 Å². The first kappa shape index (κ1) is 21.3. The highest BCUT2D eigenvalue weighted by molar-refractivity contribution is 6.62. The lowest BCUT2D eigenvalue weighted by Crippen LogP contribution is -2.51. The maximum absolute atomic E-state index is 12.3. The molecule has 3 rings (SSSR count). The molecule has 0 aliphatic carbocycles. The first-order valence-corrected chi connectivity index (χ1v) is 9.82. The van der Waals surface area contributed by atoms with Crippen LogP contribution >= 0.6 is 0 Å².